The molecule has 23 heavy (non-hydrogen) atoms. The second-order valence-electron chi connectivity index (χ2n) is 6.56. The number of rotatable bonds is 5. The molecule has 3 rings (SSSR count). The molecule has 1 saturated carbocycles. The van der Waals surface area contributed by atoms with E-state index in [4.69, 9.17) is 4.74 Å². The molecule has 1 saturated heterocycles. The molecular formula is C18H25FN2O2. The molecule has 2 aliphatic rings. The van der Waals surface area contributed by atoms with Crippen LogP contribution in [-0.4, -0.2) is 50.2 Å². The van der Waals surface area contributed by atoms with Crippen LogP contribution in [0, 0.1) is 11.7 Å². The zero-order valence-corrected chi connectivity index (χ0v) is 13.9. The summed E-state index contributed by atoms with van der Waals surface area (Å²) in [5, 5.41) is 0. The molecule has 0 bridgehead atoms. The number of carbonyl (C=O) groups is 1. The summed E-state index contributed by atoms with van der Waals surface area (Å²) in [6.07, 6.45) is 3.32. The fourth-order valence-electron chi connectivity index (χ4n) is 3.28. The van der Waals surface area contributed by atoms with Gasteiger partial charge in [0.25, 0.3) is 0 Å². The number of ether oxygens (including phenoxy) is 1. The van der Waals surface area contributed by atoms with Gasteiger partial charge in [-0.05, 0) is 42.9 Å². The first-order chi connectivity index (χ1) is 11.1. The first-order valence-corrected chi connectivity index (χ1v) is 8.47. The fourth-order valence-corrected chi connectivity index (χ4v) is 3.28. The number of hydrogen-bond acceptors (Lipinski definition) is 4. The van der Waals surface area contributed by atoms with Crippen molar-refractivity contribution in [1.29, 1.82) is 0 Å². The summed E-state index contributed by atoms with van der Waals surface area (Å²) in [6.45, 7) is 4.96. The van der Waals surface area contributed by atoms with E-state index in [9.17, 15) is 9.18 Å². The molecule has 5 heteroatoms. The zero-order chi connectivity index (χ0) is 16.4. The molecule has 0 radical (unpaired) electrons. The van der Waals surface area contributed by atoms with Crippen molar-refractivity contribution in [2.45, 2.75) is 32.2 Å². The number of anilines is 1. The minimum absolute atomic E-state index is 0.205. The van der Waals surface area contributed by atoms with E-state index in [1.807, 2.05) is 24.0 Å². The first kappa shape index (κ1) is 16.2. The topological polar surface area (TPSA) is 32.8 Å². The highest BCUT2D eigenvalue weighted by molar-refractivity contribution is 5.77. The Bertz CT molecular complexity index is 574. The normalized spacial score (nSPS) is 22.2. The quantitative estimate of drug-likeness (QED) is 0.780. The zero-order valence-electron chi connectivity index (χ0n) is 13.9. The smallest absolute Gasteiger partial charge is 0.324 e. The van der Waals surface area contributed by atoms with E-state index in [0.29, 0.717) is 18.2 Å². The standard InChI is InChI=1S/C18H25FN2O2/c1-3-13-6-7-16(15(19)10-13)21-9-8-20(11-14-4-5-14)17(12-21)18(22)23-2/h6-7,10,14,17H,3-5,8-9,11-12H2,1-2H3/t17-/m0/s1. The summed E-state index contributed by atoms with van der Waals surface area (Å²) < 4.78 is 19.3. The van der Waals surface area contributed by atoms with Crippen LogP contribution < -0.4 is 4.90 Å². The Morgan fingerprint density at radius 2 is 2.13 bits per heavy atom. The predicted molar refractivity (Wildman–Crippen MR) is 88.1 cm³/mol. The number of hydrogen-bond donors (Lipinski definition) is 0. The van der Waals surface area contributed by atoms with Crippen molar-refractivity contribution in [3.05, 3.63) is 29.6 Å². The number of carbonyl (C=O) groups excluding carboxylic acids is 1. The number of piperazine rings is 1. The van der Waals surface area contributed by atoms with E-state index in [1.54, 1.807) is 6.07 Å². The molecule has 1 atom stereocenters. The van der Waals surface area contributed by atoms with Gasteiger partial charge in [-0.3, -0.25) is 9.69 Å². The summed E-state index contributed by atoms with van der Waals surface area (Å²) in [4.78, 5) is 16.3. The molecule has 1 aromatic rings. The summed E-state index contributed by atoms with van der Waals surface area (Å²) >= 11 is 0. The van der Waals surface area contributed by atoms with Crippen LogP contribution in [0.5, 0.6) is 0 Å². The van der Waals surface area contributed by atoms with Crippen LogP contribution in [-0.2, 0) is 16.0 Å². The molecule has 1 aliphatic heterocycles. The molecular weight excluding hydrogens is 295 g/mol. The van der Waals surface area contributed by atoms with Crippen LogP contribution >= 0.6 is 0 Å². The molecule has 0 N–H and O–H groups in total. The summed E-state index contributed by atoms with van der Waals surface area (Å²) in [6, 6.07) is 5.08. The van der Waals surface area contributed by atoms with E-state index in [1.165, 1.54) is 20.0 Å². The number of esters is 1. The third-order valence-corrected chi connectivity index (χ3v) is 4.92. The Morgan fingerprint density at radius 3 is 2.74 bits per heavy atom. The third-order valence-electron chi connectivity index (χ3n) is 4.92. The summed E-state index contributed by atoms with van der Waals surface area (Å²) in [5.41, 5.74) is 1.57. The van der Waals surface area contributed by atoms with Crippen LogP contribution in [0.3, 0.4) is 0 Å². The van der Waals surface area contributed by atoms with Gasteiger partial charge in [0.2, 0.25) is 0 Å². The van der Waals surface area contributed by atoms with Gasteiger partial charge < -0.3 is 9.64 Å². The largest absolute Gasteiger partial charge is 0.468 e. The molecule has 1 heterocycles. The first-order valence-electron chi connectivity index (χ1n) is 8.47. The van der Waals surface area contributed by atoms with Crippen molar-refractivity contribution in [2.24, 2.45) is 5.92 Å². The number of halogens is 1. The molecule has 0 unspecified atom stereocenters. The highest BCUT2D eigenvalue weighted by Crippen LogP contribution is 2.32. The minimum atomic E-state index is -0.306. The molecule has 0 aromatic heterocycles. The van der Waals surface area contributed by atoms with Gasteiger partial charge >= 0.3 is 5.97 Å². The van der Waals surface area contributed by atoms with Gasteiger partial charge in [-0.15, -0.1) is 0 Å². The Labute approximate surface area is 137 Å². The van der Waals surface area contributed by atoms with E-state index in [2.05, 4.69) is 4.90 Å². The van der Waals surface area contributed by atoms with Crippen molar-refractivity contribution in [2.75, 3.05) is 38.2 Å². The Hall–Kier alpha value is -1.62. The SMILES string of the molecule is CCc1ccc(N2CCN(CC3CC3)[C@H](C(=O)OC)C2)c(F)c1. The lowest BCUT2D eigenvalue weighted by atomic mass is 10.1. The molecule has 1 aliphatic carbocycles. The second kappa shape index (κ2) is 6.87. The Balaban J connectivity index is 1.75. The number of benzene rings is 1. The minimum Gasteiger partial charge on any atom is -0.468 e. The average Bonchev–Trinajstić information content (AvgIpc) is 3.38. The molecule has 1 aromatic carbocycles. The van der Waals surface area contributed by atoms with Crippen LogP contribution in [0.25, 0.3) is 0 Å². The molecule has 0 amide bonds. The fraction of sp³-hybridized carbons (Fsp3) is 0.611. The van der Waals surface area contributed by atoms with E-state index >= 15 is 0 Å². The molecule has 2 fully saturated rings. The maximum atomic E-state index is 14.4. The van der Waals surface area contributed by atoms with Crippen molar-refractivity contribution in [3.63, 3.8) is 0 Å². The van der Waals surface area contributed by atoms with Crippen LogP contribution in [0.1, 0.15) is 25.3 Å². The lowest BCUT2D eigenvalue weighted by Crippen LogP contribution is -2.57. The van der Waals surface area contributed by atoms with Gasteiger partial charge in [-0.2, -0.15) is 0 Å². The Morgan fingerprint density at radius 1 is 1.35 bits per heavy atom. The maximum absolute atomic E-state index is 14.4. The maximum Gasteiger partial charge on any atom is 0.324 e. The third kappa shape index (κ3) is 3.66. The molecule has 126 valence electrons. The Kier molecular flexibility index (Phi) is 4.85. The second-order valence-corrected chi connectivity index (χ2v) is 6.56. The van der Waals surface area contributed by atoms with Gasteiger partial charge in [0.1, 0.15) is 11.9 Å². The van der Waals surface area contributed by atoms with Crippen molar-refractivity contribution in [1.82, 2.24) is 4.90 Å². The monoisotopic (exact) mass is 320 g/mol. The number of nitrogens with zero attached hydrogens (tertiary/aromatic N) is 2. The predicted octanol–water partition coefficient (Wildman–Crippen LogP) is 2.46. The van der Waals surface area contributed by atoms with E-state index in [0.717, 1.165) is 31.6 Å². The molecule has 0 spiro atoms. The van der Waals surface area contributed by atoms with E-state index in [-0.39, 0.29) is 17.8 Å². The van der Waals surface area contributed by atoms with Gasteiger partial charge in [0.15, 0.2) is 0 Å². The molecule has 4 nitrogen and oxygen atoms in total. The number of methoxy groups -OCH3 is 1. The average molecular weight is 320 g/mol. The number of aryl methyl sites for hydroxylation is 1. The van der Waals surface area contributed by atoms with Gasteiger partial charge in [-0.25, -0.2) is 4.39 Å². The lowest BCUT2D eigenvalue weighted by Gasteiger charge is -2.41. The van der Waals surface area contributed by atoms with Crippen molar-refractivity contribution >= 4 is 11.7 Å². The van der Waals surface area contributed by atoms with Crippen molar-refractivity contribution < 1.29 is 13.9 Å². The van der Waals surface area contributed by atoms with E-state index < -0.39 is 0 Å². The van der Waals surface area contributed by atoms with Gasteiger partial charge in [0, 0.05) is 26.2 Å². The highest BCUT2D eigenvalue weighted by Gasteiger charge is 2.36. The van der Waals surface area contributed by atoms with Gasteiger partial charge in [0.05, 0.1) is 12.8 Å². The van der Waals surface area contributed by atoms with Crippen molar-refractivity contribution in [3.8, 4) is 0 Å². The van der Waals surface area contributed by atoms with Crippen LogP contribution in [0.15, 0.2) is 18.2 Å². The van der Waals surface area contributed by atoms with Gasteiger partial charge in [-0.1, -0.05) is 13.0 Å². The summed E-state index contributed by atoms with van der Waals surface area (Å²) in [5.74, 6) is 0.291. The van der Waals surface area contributed by atoms with Crippen LogP contribution in [0.4, 0.5) is 10.1 Å². The summed E-state index contributed by atoms with van der Waals surface area (Å²) in [7, 11) is 1.42. The van der Waals surface area contributed by atoms with Crippen LogP contribution in [0.2, 0.25) is 0 Å². The lowest BCUT2D eigenvalue weighted by molar-refractivity contribution is -0.147. The highest BCUT2D eigenvalue weighted by atomic mass is 19.1.